The number of hydrogen-bond acceptors (Lipinski definition) is 3. The van der Waals surface area contributed by atoms with Crippen LogP contribution in [0.5, 0.6) is 0 Å². The second-order valence-corrected chi connectivity index (χ2v) is 4.23. The zero-order valence-corrected chi connectivity index (χ0v) is 10.5. The fraction of sp³-hybridized carbons (Fsp3) is 0.417. The van der Waals surface area contributed by atoms with E-state index in [0.29, 0.717) is 6.42 Å². The van der Waals surface area contributed by atoms with Gasteiger partial charge < -0.3 is 16.4 Å². The van der Waals surface area contributed by atoms with Crippen LogP contribution in [0, 0.1) is 0 Å². The van der Waals surface area contributed by atoms with Crippen LogP contribution in [0.3, 0.4) is 0 Å². The number of anilines is 2. The molecule has 0 bridgehead atoms. The Labute approximate surface area is 109 Å². The predicted molar refractivity (Wildman–Crippen MR) is 67.5 cm³/mol. The number of nitrogen functional groups attached to an aromatic ring is 2. The van der Waals surface area contributed by atoms with Crippen molar-refractivity contribution in [2.45, 2.75) is 19.5 Å². The Morgan fingerprint density at radius 3 is 2.16 bits per heavy atom. The number of carbonyl (C=O) groups excluding carboxylic acids is 1. The number of nitrogens with zero attached hydrogens (tertiary/aromatic N) is 1. The first-order chi connectivity index (χ1) is 8.73. The summed E-state index contributed by atoms with van der Waals surface area (Å²) < 4.78 is 37.3. The summed E-state index contributed by atoms with van der Waals surface area (Å²) in [7, 11) is 0. The third-order valence-corrected chi connectivity index (χ3v) is 2.38. The van der Waals surface area contributed by atoms with Gasteiger partial charge in [0.1, 0.15) is 6.54 Å². The molecule has 1 aromatic carbocycles. The molecule has 0 atom stereocenters. The molecule has 0 aliphatic rings. The molecule has 0 spiro atoms. The van der Waals surface area contributed by atoms with Crippen LogP contribution in [0.1, 0.15) is 23.7 Å². The first kappa shape index (κ1) is 15.1. The molecule has 0 unspecified atom stereocenters. The highest BCUT2D eigenvalue weighted by molar-refractivity contribution is 5.96. The van der Waals surface area contributed by atoms with Crippen LogP contribution in [0.2, 0.25) is 0 Å². The lowest BCUT2D eigenvalue weighted by atomic mass is 10.1. The fourth-order valence-electron chi connectivity index (χ4n) is 1.72. The monoisotopic (exact) mass is 275 g/mol. The molecule has 0 radical (unpaired) electrons. The minimum Gasteiger partial charge on any atom is -0.399 e. The average Bonchev–Trinajstić information content (AvgIpc) is 2.24. The van der Waals surface area contributed by atoms with Crippen molar-refractivity contribution < 1.29 is 18.0 Å². The third kappa shape index (κ3) is 4.69. The van der Waals surface area contributed by atoms with E-state index < -0.39 is 18.6 Å². The van der Waals surface area contributed by atoms with Crippen LogP contribution in [0.15, 0.2) is 18.2 Å². The van der Waals surface area contributed by atoms with Crippen molar-refractivity contribution in [2.75, 3.05) is 24.6 Å². The Hall–Kier alpha value is -1.92. The summed E-state index contributed by atoms with van der Waals surface area (Å²) >= 11 is 0. The van der Waals surface area contributed by atoms with E-state index in [-0.39, 0.29) is 23.5 Å². The van der Waals surface area contributed by atoms with Crippen LogP contribution < -0.4 is 11.5 Å². The van der Waals surface area contributed by atoms with Gasteiger partial charge >= 0.3 is 6.18 Å². The fourth-order valence-corrected chi connectivity index (χ4v) is 1.72. The van der Waals surface area contributed by atoms with Crippen molar-refractivity contribution in [3.05, 3.63) is 23.8 Å². The Morgan fingerprint density at radius 2 is 1.74 bits per heavy atom. The zero-order valence-electron chi connectivity index (χ0n) is 10.5. The minimum absolute atomic E-state index is 0.0209. The second-order valence-electron chi connectivity index (χ2n) is 4.23. The van der Waals surface area contributed by atoms with Crippen molar-refractivity contribution in [1.82, 2.24) is 4.90 Å². The van der Waals surface area contributed by atoms with E-state index >= 15 is 0 Å². The Bertz CT molecular complexity index is 440. The Morgan fingerprint density at radius 1 is 1.21 bits per heavy atom. The first-order valence-corrected chi connectivity index (χ1v) is 5.75. The van der Waals surface area contributed by atoms with Gasteiger partial charge in [-0.15, -0.1) is 0 Å². The number of amides is 1. The molecular weight excluding hydrogens is 259 g/mol. The molecule has 7 heteroatoms. The molecule has 0 fully saturated rings. The van der Waals surface area contributed by atoms with E-state index in [1.807, 2.05) is 0 Å². The third-order valence-electron chi connectivity index (χ3n) is 2.38. The first-order valence-electron chi connectivity index (χ1n) is 5.75. The molecule has 1 aromatic rings. The summed E-state index contributed by atoms with van der Waals surface area (Å²) in [6, 6.07) is 4.07. The van der Waals surface area contributed by atoms with Crippen LogP contribution in [-0.4, -0.2) is 30.1 Å². The summed E-state index contributed by atoms with van der Waals surface area (Å²) in [5, 5.41) is 0. The van der Waals surface area contributed by atoms with Crippen LogP contribution in [0.4, 0.5) is 24.5 Å². The van der Waals surface area contributed by atoms with Gasteiger partial charge in [-0.25, -0.2) is 0 Å². The van der Waals surface area contributed by atoms with Crippen molar-refractivity contribution in [3.63, 3.8) is 0 Å². The highest BCUT2D eigenvalue weighted by atomic mass is 19.4. The lowest BCUT2D eigenvalue weighted by Crippen LogP contribution is -2.39. The van der Waals surface area contributed by atoms with Gasteiger partial charge in [0.05, 0.1) is 0 Å². The lowest BCUT2D eigenvalue weighted by molar-refractivity contribution is -0.140. The maximum Gasteiger partial charge on any atom is 0.406 e. The highest BCUT2D eigenvalue weighted by Gasteiger charge is 2.33. The van der Waals surface area contributed by atoms with E-state index in [2.05, 4.69) is 0 Å². The van der Waals surface area contributed by atoms with Gasteiger partial charge in [-0.05, 0) is 24.6 Å². The standard InChI is InChI=1S/C12H16F3N3O/c1-2-3-18(7-12(13,14)15)11(19)8-4-9(16)6-10(17)5-8/h4-6H,2-3,7,16-17H2,1H3. The molecule has 4 nitrogen and oxygen atoms in total. The summed E-state index contributed by atoms with van der Waals surface area (Å²) in [5.41, 5.74) is 11.6. The highest BCUT2D eigenvalue weighted by Crippen LogP contribution is 2.20. The number of halogens is 3. The molecule has 0 aromatic heterocycles. The molecule has 0 saturated heterocycles. The zero-order chi connectivity index (χ0) is 14.6. The number of benzene rings is 1. The largest absolute Gasteiger partial charge is 0.406 e. The number of nitrogens with two attached hydrogens (primary N) is 2. The summed E-state index contributed by atoms with van der Waals surface area (Å²) in [6.07, 6.45) is -4.00. The van der Waals surface area contributed by atoms with Gasteiger partial charge in [-0.2, -0.15) is 13.2 Å². The van der Waals surface area contributed by atoms with Gasteiger partial charge in [0, 0.05) is 23.5 Å². The molecule has 0 heterocycles. The molecular formula is C12H16F3N3O. The van der Waals surface area contributed by atoms with Crippen molar-refractivity contribution in [1.29, 1.82) is 0 Å². The topological polar surface area (TPSA) is 72.3 Å². The predicted octanol–water partition coefficient (Wildman–Crippen LogP) is 2.27. The van der Waals surface area contributed by atoms with E-state index in [9.17, 15) is 18.0 Å². The molecule has 19 heavy (non-hydrogen) atoms. The Balaban J connectivity index is 2.98. The number of rotatable bonds is 4. The number of carbonyl (C=O) groups is 1. The molecule has 1 amide bonds. The van der Waals surface area contributed by atoms with Crippen LogP contribution in [0.25, 0.3) is 0 Å². The van der Waals surface area contributed by atoms with Gasteiger partial charge in [0.2, 0.25) is 0 Å². The molecule has 106 valence electrons. The van der Waals surface area contributed by atoms with Crippen molar-refractivity contribution >= 4 is 17.3 Å². The molecule has 1 rings (SSSR count). The maximum absolute atomic E-state index is 12.4. The van der Waals surface area contributed by atoms with Crippen molar-refractivity contribution in [3.8, 4) is 0 Å². The summed E-state index contributed by atoms with van der Waals surface area (Å²) in [6.45, 7) is 0.436. The number of alkyl halides is 3. The summed E-state index contributed by atoms with van der Waals surface area (Å²) in [5.74, 6) is -0.724. The number of hydrogen-bond donors (Lipinski definition) is 2. The molecule has 4 N–H and O–H groups in total. The van der Waals surface area contributed by atoms with Crippen LogP contribution in [-0.2, 0) is 0 Å². The minimum atomic E-state index is -4.43. The Kier molecular flexibility index (Phi) is 4.63. The van der Waals surface area contributed by atoms with Crippen LogP contribution >= 0.6 is 0 Å². The van der Waals surface area contributed by atoms with Gasteiger partial charge in [0.15, 0.2) is 0 Å². The van der Waals surface area contributed by atoms with E-state index in [0.717, 1.165) is 4.90 Å². The smallest absolute Gasteiger partial charge is 0.399 e. The average molecular weight is 275 g/mol. The SMILES string of the molecule is CCCN(CC(F)(F)F)C(=O)c1cc(N)cc(N)c1. The lowest BCUT2D eigenvalue weighted by Gasteiger charge is -2.23. The van der Waals surface area contributed by atoms with Gasteiger partial charge in [-0.3, -0.25) is 4.79 Å². The molecule has 0 aliphatic heterocycles. The van der Waals surface area contributed by atoms with E-state index in [1.54, 1.807) is 6.92 Å². The summed E-state index contributed by atoms with van der Waals surface area (Å²) in [4.78, 5) is 12.8. The molecule has 0 saturated carbocycles. The van der Waals surface area contributed by atoms with E-state index in [4.69, 9.17) is 11.5 Å². The normalized spacial score (nSPS) is 11.4. The van der Waals surface area contributed by atoms with E-state index in [1.165, 1.54) is 18.2 Å². The van der Waals surface area contributed by atoms with Gasteiger partial charge in [0.25, 0.3) is 5.91 Å². The van der Waals surface area contributed by atoms with Gasteiger partial charge in [-0.1, -0.05) is 6.92 Å². The maximum atomic E-state index is 12.4. The molecule has 0 aliphatic carbocycles. The quantitative estimate of drug-likeness (QED) is 0.828. The second kappa shape index (κ2) is 5.81. The van der Waals surface area contributed by atoms with Crippen molar-refractivity contribution in [2.24, 2.45) is 0 Å².